The van der Waals surface area contributed by atoms with Crippen LogP contribution in [-0.2, 0) is 45.4 Å². The van der Waals surface area contributed by atoms with Gasteiger partial charge in [0.05, 0.1) is 4.90 Å². The predicted octanol–water partition coefficient (Wildman–Crippen LogP) is 6.06. The summed E-state index contributed by atoms with van der Waals surface area (Å²) >= 11 is 6.15. The molecule has 0 unspecified atom stereocenters. The fourth-order valence-corrected chi connectivity index (χ4v) is 7.38. The number of benzene rings is 4. The summed E-state index contributed by atoms with van der Waals surface area (Å²) in [6, 6.07) is 33.0. The van der Waals surface area contributed by atoms with E-state index in [0.29, 0.717) is 43.9 Å². The second-order valence-corrected chi connectivity index (χ2v) is 14.0. The average Bonchev–Trinajstić information content (AvgIpc) is 3.64. The Morgan fingerprint density at radius 2 is 1.30 bits per heavy atom. The van der Waals surface area contributed by atoms with E-state index in [1.54, 1.807) is 41.3 Å². The highest BCUT2D eigenvalue weighted by atomic mass is 35.5. The van der Waals surface area contributed by atoms with Crippen molar-refractivity contribution >= 4 is 33.4 Å². The van der Waals surface area contributed by atoms with Gasteiger partial charge >= 0.3 is 0 Å². The Balaban J connectivity index is 1.34. The Hall–Kier alpha value is -3.98. The second kappa shape index (κ2) is 16.0. The summed E-state index contributed by atoms with van der Waals surface area (Å²) in [5, 5.41) is 3.68. The molecule has 0 spiro atoms. The molecule has 9 heteroatoms. The molecule has 7 nitrogen and oxygen atoms in total. The number of sulfonamides is 1. The van der Waals surface area contributed by atoms with Crippen LogP contribution in [0.4, 0.5) is 0 Å². The topological polar surface area (TPSA) is 86.8 Å². The molecule has 0 bridgehead atoms. The maximum Gasteiger partial charge on any atom is 0.243 e. The van der Waals surface area contributed by atoms with Crippen molar-refractivity contribution in [2.45, 2.75) is 56.0 Å². The van der Waals surface area contributed by atoms with Crippen LogP contribution in [0.1, 0.15) is 41.5 Å². The second-order valence-electron chi connectivity index (χ2n) is 11.6. The van der Waals surface area contributed by atoms with E-state index in [1.165, 1.54) is 4.31 Å². The van der Waals surface area contributed by atoms with Crippen LogP contribution in [0.2, 0.25) is 5.02 Å². The Morgan fingerprint density at radius 1 is 0.739 bits per heavy atom. The van der Waals surface area contributed by atoms with Gasteiger partial charge in [0.15, 0.2) is 0 Å². The number of halogens is 1. The van der Waals surface area contributed by atoms with Crippen LogP contribution in [-0.4, -0.2) is 55.1 Å². The number of nitrogens with zero attached hydrogens (tertiary/aromatic N) is 2. The Labute approximate surface area is 277 Å². The van der Waals surface area contributed by atoms with E-state index >= 15 is 0 Å². The fourth-order valence-electron chi connectivity index (χ4n) is 5.73. The van der Waals surface area contributed by atoms with Crippen molar-refractivity contribution in [1.29, 1.82) is 0 Å². The van der Waals surface area contributed by atoms with E-state index in [9.17, 15) is 18.0 Å². The van der Waals surface area contributed by atoms with Gasteiger partial charge in [-0.1, -0.05) is 96.5 Å². The van der Waals surface area contributed by atoms with Crippen LogP contribution in [0, 0.1) is 0 Å². The fraction of sp³-hybridized carbons (Fsp3) is 0.297. The maximum absolute atomic E-state index is 14.0. The smallest absolute Gasteiger partial charge is 0.243 e. The minimum absolute atomic E-state index is 0.161. The van der Waals surface area contributed by atoms with E-state index in [4.69, 9.17) is 11.6 Å². The minimum Gasteiger partial charge on any atom is -0.354 e. The zero-order chi connectivity index (χ0) is 32.4. The van der Waals surface area contributed by atoms with E-state index in [2.05, 4.69) is 5.32 Å². The standard InChI is InChI=1S/C37H40ClN3O4S/c38-33-18-13-32(14-19-33)28-41(36(42)22-17-30-15-20-34(21-16-30)46(44,45)40-25-7-8-26-40)35(27-31-11-5-2-6-12-31)37(43)39-24-23-29-9-3-1-4-10-29/h1-6,9-16,18-21,35H,7-8,17,22-28H2,(H,39,43)/t35-/m0/s1. The van der Waals surface area contributed by atoms with Gasteiger partial charge in [0.25, 0.3) is 0 Å². The molecule has 0 radical (unpaired) electrons. The van der Waals surface area contributed by atoms with Crippen LogP contribution < -0.4 is 5.32 Å². The van der Waals surface area contributed by atoms with Crippen molar-refractivity contribution in [1.82, 2.24) is 14.5 Å². The minimum atomic E-state index is -3.51. The normalized spacial score (nSPS) is 14.1. The van der Waals surface area contributed by atoms with Crippen molar-refractivity contribution in [2.24, 2.45) is 0 Å². The van der Waals surface area contributed by atoms with Gasteiger partial charge in [-0.2, -0.15) is 4.31 Å². The molecule has 4 aromatic carbocycles. The van der Waals surface area contributed by atoms with Gasteiger partial charge in [-0.25, -0.2) is 8.42 Å². The highest BCUT2D eigenvalue weighted by Crippen LogP contribution is 2.22. The van der Waals surface area contributed by atoms with Crippen molar-refractivity contribution in [3.63, 3.8) is 0 Å². The van der Waals surface area contributed by atoms with E-state index < -0.39 is 16.1 Å². The third kappa shape index (κ3) is 9.06. The predicted molar refractivity (Wildman–Crippen MR) is 182 cm³/mol. The molecule has 1 saturated heterocycles. The SMILES string of the molecule is O=C(NCCc1ccccc1)[C@H](Cc1ccccc1)N(Cc1ccc(Cl)cc1)C(=O)CCc1ccc(S(=O)(=O)N2CCCC2)cc1. The number of carbonyl (C=O) groups excluding carboxylic acids is 2. The number of amides is 2. The molecular formula is C37H40ClN3O4S. The van der Waals surface area contributed by atoms with E-state index in [1.807, 2.05) is 72.8 Å². The van der Waals surface area contributed by atoms with Gasteiger partial charge in [0, 0.05) is 44.0 Å². The zero-order valence-corrected chi connectivity index (χ0v) is 27.4. The molecule has 46 heavy (non-hydrogen) atoms. The molecule has 1 heterocycles. The number of carbonyl (C=O) groups is 2. The van der Waals surface area contributed by atoms with Crippen LogP contribution in [0.15, 0.2) is 114 Å². The van der Waals surface area contributed by atoms with Gasteiger partial charge in [-0.15, -0.1) is 0 Å². The molecule has 1 fully saturated rings. The molecule has 1 aliphatic heterocycles. The molecule has 2 amide bonds. The largest absolute Gasteiger partial charge is 0.354 e. The highest BCUT2D eigenvalue weighted by Gasteiger charge is 2.30. The summed E-state index contributed by atoms with van der Waals surface area (Å²) in [6.07, 6.45) is 3.37. The molecule has 0 saturated carbocycles. The van der Waals surface area contributed by atoms with Gasteiger partial charge in [-0.05, 0) is 72.2 Å². The quantitative estimate of drug-likeness (QED) is 0.179. The van der Waals surface area contributed by atoms with Crippen molar-refractivity contribution in [2.75, 3.05) is 19.6 Å². The van der Waals surface area contributed by atoms with Gasteiger partial charge in [0.1, 0.15) is 6.04 Å². The lowest BCUT2D eigenvalue weighted by Gasteiger charge is -2.32. The molecular weight excluding hydrogens is 618 g/mol. The summed E-state index contributed by atoms with van der Waals surface area (Å²) in [7, 11) is -3.51. The van der Waals surface area contributed by atoms with Crippen molar-refractivity contribution < 1.29 is 18.0 Å². The first-order chi connectivity index (χ1) is 22.3. The monoisotopic (exact) mass is 657 g/mol. The molecule has 1 aliphatic rings. The zero-order valence-electron chi connectivity index (χ0n) is 25.9. The summed E-state index contributed by atoms with van der Waals surface area (Å²) in [5.41, 5.74) is 3.79. The number of aryl methyl sites for hydroxylation is 1. The molecule has 0 aliphatic carbocycles. The first-order valence-corrected chi connectivity index (χ1v) is 17.6. The first-order valence-electron chi connectivity index (χ1n) is 15.8. The Morgan fingerprint density at radius 3 is 1.93 bits per heavy atom. The van der Waals surface area contributed by atoms with Gasteiger partial charge in [0.2, 0.25) is 21.8 Å². The Bertz CT molecular complexity index is 1680. The van der Waals surface area contributed by atoms with E-state index in [-0.39, 0.29) is 29.7 Å². The molecule has 4 aromatic rings. The number of hydrogen-bond acceptors (Lipinski definition) is 4. The molecule has 5 rings (SSSR count). The van der Waals surface area contributed by atoms with Gasteiger partial charge in [-0.3, -0.25) is 9.59 Å². The van der Waals surface area contributed by atoms with Crippen LogP contribution in [0.25, 0.3) is 0 Å². The third-order valence-corrected chi connectivity index (χ3v) is 10.5. The van der Waals surface area contributed by atoms with Crippen molar-refractivity contribution in [3.8, 4) is 0 Å². The van der Waals surface area contributed by atoms with Crippen LogP contribution in [0.5, 0.6) is 0 Å². The molecule has 240 valence electrons. The summed E-state index contributed by atoms with van der Waals surface area (Å²) in [5.74, 6) is -0.374. The molecule has 0 aromatic heterocycles. The van der Waals surface area contributed by atoms with Crippen LogP contribution in [0.3, 0.4) is 0 Å². The highest BCUT2D eigenvalue weighted by molar-refractivity contribution is 7.89. The lowest BCUT2D eigenvalue weighted by atomic mass is 10.0. The number of hydrogen-bond donors (Lipinski definition) is 1. The van der Waals surface area contributed by atoms with E-state index in [0.717, 1.165) is 35.1 Å². The maximum atomic E-state index is 14.0. The average molecular weight is 658 g/mol. The van der Waals surface area contributed by atoms with Crippen molar-refractivity contribution in [3.05, 3.63) is 136 Å². The molecule has 1 atom stereocenters. The lowest BCUT2D eigenvalue weighted by Crippen LogP contribution is -2.50. The summed E-state index contributed by atoms with van der Waals surface area (Å²) in [4.78, 5) is 29.8. The van der Waals surface area contributed by atoms with Gasteiger partial charge < -0.3 is 10.2 Å². The summed E-state index contributed by atoms with van der Waals surface area (Å²) in [6.45, 7) is 1.79. The number of nitrogens with one attached hydrogen (secondary N) is 1. The lowest BCUT2D eigenvalue weighted by molar-refractivity contribution is -0.141. The number of rotatable bonds is 14. The molecule has 1 N–H and O–H groups in total. The third-order valence-electron chi connectivity index (χ3n) is 8.35. The first kappa shape index (κ1) is 33.4. The van der Waals surface area contributed by atoms with Crippen LogP contribution >= 0.6 is 11.6 Å². The summed E-state index contributed by atoms with van der Waals surface area (Å²) < 4.78 is 27.4. The Kier molecular flexibility index (Phi) is 11.6.